The van der Waals surface area contributed by atoms with Crippen molar-refractivity contribution in [1.29, 1.82) is 0 Å². The van der Waals surface area contributed by atoms with Crippen LogP contribution in [0, 0.1) is 0 Å². The van der Waals surface area contributed by atoms with E-state index in [1.165, 1.54) is 0 Å². The molecule has 1 aliphatic rings. The number of aryl methyl sites for hydroxylation is 1. The molecular weight excluding hydrogens is 390 g/mol. The Kier molecular flexibility index (Phi) is 4.71. The number of imidazole rings is 1. The molecule has 7 nitrogen and oxygen atoms in total. The first kappa shape index (κ1) is 19.0. The maximum absolute atomic E-state index is 13.1. The molecule has 0 saturated heterocycles. The van der Waals surface area contributed by atoms with Gasteiger partial charge in [-0.3, -0.25) is 9.59 Å². The zero-order chi connectivity index (χ0) is 21.4. The van der Waals surface area contributed by atoms with Gasteiger partial charge in [-0.05, 0) is 55.3 Å². The Labute approximate surface area is 179 Å². The maximum Gasteiger partial charge on any atom is 0.274 e. The smallest absolute Gasteiger partial charge is 0.274 e. The second-order valence-corrected chi connectivity index (χ2v) is 7.70. The number of rotatable bonds is 6. The van der Waals surface area contributed by atoms with Gasteiger partial charge >= 0.3 is 0 Å². The average molecular weight is 411 g/mol. The summed E-state index contributed by atoms with van der Waals surface area (Å²) in [7, 11) is 1.78. The van der Waals surface area contributed by atoms with E-state index in [0.29, 0.717) is 28.7 Å². The van der Waals surface area contributed by atoms with Gasteiger partial charge in [0, 0.05) is 36.6 Å². The number of nitrogens with one attached hydrogen (secondary N) is 1. The van der Waals surface area contributed by atoms with Crippen LogP contribution in [0.3, 0.4) is 0 Å². The van der Waals surface area contributed by atoms with E-state index in [0.717, 1.165) is 24.2 Å². The number of aromatic nitrogens is 4. The quantitative estimate of drug-likeness (QED) is 0.487. The summed E-state index contributed by atoms with van der Waals surface area (Å²) in [6.07, 6.45) is 5.54. The third kappa shape index (κ3) is 3.77. The summed E-state index contributed by atoms with van der Waals surface area (Å²) in [4.78, 5) is 29.7. The van der Waals surface area contributed by atoms with Crippen LogP contribution in [0.1, 0.15) is 51.1 Å². The second-order valence-electron chi connectivity index (χ2n) is 7.70. The molecule has 154 valence electrons. The normalized spacial score (nSPS) is 13.2. The molecule has 4 aromatic rings. The van der Waals surface area contributed by atoms with Gasteiger partial charge < -0.3 is 9.88 Å². The fourth-order valence-corrected chi connectivity index (χ4v) is 3.52. The largest absolute Gasteiger partial charge is 0.331 e. The standard InChI is InChI=1S/C24H21N5O2/c1-28-14-13-25-23(28)22(30)17-9-11-18(12-10-17)26-24(31)21-15-20(16-7-8-16)27-29(21)19-5-3-2-4-6-19/h2-6,9-16H,7-8H2,1H3,(H,26,31). The van der Waals surface area contributed by atoms with Crippen LogP contribution in [-0.4, -0.2) is 31.0 Å². The zero-order valence-corrected chi connectivity index (χ0v) is 17.0. The van der Waals surface area contributed by atoms with Gasteiger partial charge in [0.2, 0.25) is 5.78 Å². The molecule has 0 radical (unpaired) electrons. The summed E-state index contributed by atoms with van der Waals surface area (Å²) in [6.45, 7) is 0. The Morgan fingerprint density at radius 1 is 1.03 bits per heavy atom. The highest BCUT2D eigenvalue weighted by Crippen LogP contribution is 2.39. The van der Waals surface area contributed by atoms with Crippen molar-refractivity contribution in [3.63, 3.8) is 0 Å². The lowest BCUT2D eigenvalue weighted by Gasteiger charge is -2.09. The lowest BCUT2D eigenvalue weighted by molar-refractivity contribution is 0.101. The van der Waals surface area contributed by atoms with Gasteiger partial charge in [-0.1, -0.05) is 18.2 Å². The number of carbonyl (C=O) groups is 2. The molecule has 0 unspecified atom stereocenters. The van der Waals surface area contributed by atoms with Crippen LogP contribution in [-0.2, 0) is 7.05 Å². The molecule has 0 spiro atoms. The first-order valence-electron chi connectivity index (χ1n) is 10.2. The van der Waals surface area contributed by atoms with Crippen molar-refractivity contribution in [1.82, 2.24) is 19.3 Å². The Morgan fingerprint density at radius 3 is 2.42 bits per heavy atom. The van der Waals surface area contributed by atoms with Crippen molar-refractivity contribution in [3.05, 3.63) is 95.8 Å². The molecule has 0 aliphatic heterocycles. The zero-order valence-electron chi connectivity index (χ0n) is 17.0. The summed E-state index contributed by atoms with van der Waals surface area (Å²) < 4.78 is 3.38. The van der Waals surface area contributed by atoms with E-state index in [-0.39, 0.29) is 11.7 Å². The Balaban J connectivity index is 1.38. The molecule has 2 aromatic carbocycles. The van der Waals surface area contributed by atoms with Gasteiger partial charge in [0.25, 0.3) is 5.91 Å². The molecule has 1 aliphatic carbocycles. The third-order valence-electron chi connectivity index (χ3n) is 5.39. The molecule has 31 heavy (non-hydrogen) atoms. The molecule has 1 amide bonds. The molecule has 1 fully saturated rings. The summed E-state index contributed by atoms with van der Waals surface area (Å²) in [5.41, 5.74) is 3.40. The summed E-state index contributed by atoms with van der Waals surface area (Å²) in [6, 6.07) is 18.3. The highest BCUT2D eigenvalue weighted by atomic mass is 16.2. The van der Waals surface area contributed by atoms with E-state index >= 15 is 0 Å². The molecule has 2 aromatic heterocycles. The maximum atomic E-state index is 13.1. The first-order chi connectivity index (χ1) is 15.1. The van der Waals surface area contributed by atoms with Gasteiger partial charge in [-0.15, -0.1) is 0 Å². The molecule has 0 atom stereocenters. The number of anilines is 1. The molecule has 0 bridgehead atoms. The highest BCUT2D eigenvalue weighted by molar-refractivity contribution is 6.07. The number of para-hydroxylation sites is 1. The van der Waals surface area contributed by atoms with Crippen LogP contribution >= 0.6 is 0 Å². The van der Waals surface area contributed by atoms with Crippen LogP contribution in [0.5, 0.6) is 0 Å². The van der Waals surface area contributed by atoms with Crippen molar-refractivity contribution in [3.8, 4) is 5.69 Å². The van der Waals surface area contributed by atoms with Crippen LogP contribution in [0.4, 0.5) is 5.69 Å². The van der Waals surface area contributed by atoms with Gasteiger partial charge in [-0.2, -0.15) is 5.10 Å². The highest BCUT2D eigenvalue weighted by Gasteiger charge is 2.29. The lowest BCUT2D eigenvalue weighted by Crippen LogP contribution is -2.17. The van der Waals surface area contributed by atoms with Gasteiger partial charge in [0.1, 0.15) is 5.69 Å². The third-order valence-corrected chi connectivity index (χ3v) is 5.39. The van der Waals surface area contributed by atoms with E-state index in [1.807, 2.05) is 36.4 Å². The number of hydrogen-bond acceptors (Lipinski definition) is 4. The SMILES string of the molecule is Cn1ccnc1C(=O)c1ccc(NC(=O)c2cc(C3CC3)nn2-c2ccccc2)cc1. The first-order valence-corrected chi connectivity index (χ1v) is 10.2. The number of amides is 1. The minimum Gasteiger partial charge on any atom is -0.331 e. The molecule has 1 N–H and O–H groups in total. The fraction of sp³-hybridized carbons (Fsp3) is 0.167. The average Bonchev–Trinajstić information content (AvgIpc) is 3.40. The van der Waals surface area contributed by atoms with Crippen molar-refractivity contribution in [2.75, 3.05) is 5.32 Å². The van der Waals surface area contributed by atoms with Crippen molar-refractivity contribution >= 4 is 17.4 Å². The summed E-state index contributed by atoms with van der Waals surface area (Å²) >= 11 is 0. The van der Waals surface area contributed by atoms with Crippen molar-refractivity contribution in [2.45, 2.75) is 18.8 Å². The number of hydrogen-bond donors (Lipinski definition) is 1. The van der Waals surface area contributed by atoms with E-state index in [9.17, 15) is 9.59 Å². The fourth-order valence-electron chi connectivity index (χ4n) is 3.52. The Hall–Kier alpha value is -4.00. The van der Waals surface area contributed by atoms with Crippen molar-refractivity contribution in [2.24, 2.45) is 7.05 Å². The van der Waals surface area contributed by atoms with Crippen molar-refractivity contribution < 1.29 is 9.59 Å². The van der Waals surface area contributed by atoms with E-state index in [2.05, 4.69) is 15.4 Å². The summed E-state index contributed by atoms with van der Waals surface area (Å²) in [5.74, 6) is 0.400. The Morgan fingerprint density at radius 2 is 1.77 bits per heavy atom. The van der Waals surface area contributed by atoms with Gasteiger partial charge in [0.15, 0.2) is 5.82 Å². The topological polar surface area (TPSA) is 81.8 Å². The van der Waals surface area contributed by atoms with Crippen LogP contribution < -0.4 is 5.32 Å². The second kappa shape index (κ2) is 7.68. The number of benzene rings is 2. The van der Waals surface area contributed by atoms with E-state index in [4.69, 9.17) is 0 Å². The van der Waals surface area contributed by atoms with Crippen LogP contribution in [0.25, 0.3) is 5.69 Å². The number of carbonyl (C=O) groups excluding carboxylic acids is 2. The van der Waals surface area contributed by atoms with Crippen LogP contribution in [0.2, 0.25) is 0 Å². The molecular formula is C24H21N5O2. The predicted octanol–water partition coefficient (Wildman–Crippen LogP) is 3.97. The van der Waals surface area contributed by atoms with Gasteiger partial charge in [0.05, 0.1) is 11.4 Å². The number of nitrogens with zero attached hydrogens (tertiary/aromatic N) is 4. The monoisotopic (exact) mass is 411 g/mol. The minimum atomic E-state index is -0.244. The summed E-state index contributed by atoms with van der Waals surface area (Å²) in [5, 5.41) is 7.60. The number of ketones is 1. The molecule has 1 saturated carbocycles. The van der Waals surface area contributed by atoms with Gasteiger partial charge in [-0.25, -0.2) is 9.67 Å². The molecule has 7 heteroatoms. The minimum absolute atomic E-state index is 0.165. The molecule has 5 rings (SSSR count). The van der Waals surface area contributed by atoms with E-state index in [1.54, 1.807) is 53.0 Å². The molecule has 2 heterocycles. The predicted molar refractivity (Wildman–Crippen MR) is 117 cm³/mol. The van der Waals surface area contributed by atoms with E-state index < -0.39 is 0 Å². The lowest BCUT2D eigenvalue weighted by atomic mass is 10.1. The Bertz CT molecular complexity index is 1250. The van der Waals surface area contributed by atoms with Crippen LogP contribution in [0.15, 0.2) is 73.1 Å².